The van der Waals surface area contributed by atoms with E-state index in [4.69, 9.17) is 4.52 Å². The van der Waals surface area contributed by atoms with E-state index in [1.807, 2.05) is 0 Å². The van der Waals surface area contributed by atoms with Crippen molar-refractivity contribution >= 4 is 17.6 Å². The van der Waals surface area contributed by atoms with Crippen molar-refractivity contribution in [1.82, 2.24) is 20.1 Å². The number of hydrogen-bond acceptors (Lipinski definition) is 9. The summed E-state index contributed by atoms with van der Waals surface area (Å²) in [6.45, 7) is 6.80. The van der Waals surface area contributed by atoms with E-state index in [0.717, 1.165) is 63.3 Å². The quantitative estimate of drug-likeness (QED) is 0.314. The monoisotopic (exact) mass is 496 g/mol. The van der Waals surface area contributed by atoms with E-state index >= 15 is 0 Å². The predicted octanol–water partition coefficient (Wildman–Crippen LogP) is 4.76. The van der Waals surface area contributed by atoms with Crippen molar-refractivity contribution in [2.24, 2.45) is 11.8 Å². The van der Waals surface area contributed by atoms with Gasteiger partial charge in [-0.15, -0.1) is 0 Å². The van der Waals surface area contributed by atoms with Crippen LogP contribution in [0.5, 0.6) is 0 Å². The Kier molecular flexibility index (Phi) is 8.45. The van der Waals surface area contributed by atoms with Gasteiger partial charge < -0.3 is 19.5 Å². The number of methoxy groups -OCH3 is 1. The zero-order valence-electron chi connectivity index (χ0n) is 21.0. The van der Waals surface area contributed by atoms with Gasteiger partial charge in [0.15, 0.2) is 0 Å². The van der Waals surface area contributed by atoms with Crippen molar-refractivity contribution in [3.05, 3.63) is 47.9 Å². The van der Waals surface area contributed by atoms with Gasteiger partial charge in [0.2, 0.25) is 17.7 Å². The Morgan fingerprint density at radius 1 is 1.25 bits per heavy atom. The van der Waals surface area contributed by atoms with E-state index < -0.39 is 11.8 Å². The number of rotatable bonds is 10. The van der Waals surface area contributed by atoms with Gasteiger partial charge in [-0.25, -0.2) is 19.2 Å². The highest BCUT2D eigenvalue weighted by atomic mass is 19.1. The number of aromatic nitrogens is 4. The molecule has 4 rings (SSSR count). The number of ether oxygens (including phenoxy) is 1. The molecule has 36 heavy (non-hydrogen) atoms. The molecule has 0 amide bonds. The minimum atomic E-state index is -0.672. The molecule has 0 bridgehead atoms. The average Bonchev–Trinajstić information content (AvgIpc) is 3.34. The molecule has 1 N–H and O–H groups in total. The maximum absolute atomic E-state index is 14.0. The largest absolute Gasteiger partial charge is 0.465 e. The molecule has 0 atom stereocenters. The van der Waals surface area contributed by atoms with Gasteiger partial charge in [0, 0.05) is 44.1 Å². The highest BCUT2D eigenvalue weighted by Crippen LogP contribution is 2.25. The van der Waals surface area contributed by atoms with Crippen LogP contribution in [0.25, 0.3) is 11.4 Å². The molecule has 3 heterocycles. The second kappa shape index (κ2) is 11.9. The number of halogens is 1. The number of piperidine rings is 1. The van der Waals surface area contributed by atoms with Gasteiger partial charge >= 0.3 is 5.97 Å². The normalized spacial score (nSPS) is 14.3. The molecule has 0 unspecified atom stereocenters. The van der Waals surface area contributed by atoms with Crippen LogP contribution in [0.3, 0.4) is 0 Å². The molecule has 3 aromatic rings. The highest BCUT2D eigenvalue weighted by Gasteiger charge is 2.21. The summed E-state index contributed by atoms with van der Waals surface area (Å²) in [4.78, 5) is 27.2. The van der Waals surface area contributed by atoms with Crippen molar-refractivity contribution in [2.45, 2.75) is 46.0 Å². The number of carbonyl (C=O) groups is 1. The fourth-order valence-electron chi connectivity index (χ4n) is 4.35. The molecule has 192 valence electrons. The van der Waals surface area contributed by atoms with Crippen LogP contribution in [0.1, 0.15) is 55.8 Å². The molecule has 0 spiro atoms. The van der Waals surface area contributed by atoms with E-state index in [1.165, 1.54) is 19.2 Å². The Morgan fingerprint density at radius 2 is 2.00 bits per heavy atom. The van der Waals surface area contributed by atoms with Gasteiger partial charge in [0.25, 0.3) is 0 Å². The van der Waals surface area contributed by atoms with E-state index in [2.05, 4.69) is 48.9 Å². The lowest BCUT2D eigenvalue weighted by Gasteiger charge is -2.32. The molecule has 0 radical (unpaired) electrons. The molecule has 10 heteroatoms. The molecular formula is C26H33FN6O3. The Bertz CT molecular complexity index is 1140. The van der Waals surface area contributed by atoms with Crippen LogP contribution in [-0.4, -0.2) is 52.8 Å². The van der Waals surface area contributed by atoms with E-state index in [-0.39, 0.29) is 5.56 Å². The van der Waals surface area contributed by atoms with Crippen LogP contribution in [0.15, 0.2) is 35.1 Å². The van der Waals surface area contributed by atoms with Crippen LogP contribution in [0.2, 0.25) is 0 Å². The summed E-state index contributed by atoms with van der Waals surface area (Å²) >= 11 is 0. The van der Waals surface area contributed by atoms with Crippen molar-refractivity contribution < 1.29 is 18.4 Å². The summed E-state index contributed by atoms with van der Waals surface area (Å²) in [6.07, 6.45) is 8.50. The molecule has 0 saturated carbocycles. The Hall–Kier alpha value is -3.56. The number of benzene rings is 1. The zero-order valence-corrected chi connectivity index (χ0v) is 21.0. The van der Waals surface area contributed by atoms with Crippen LogP contribution < -0.4 is 10.2 Å². The van der Waals surface area contributed by atoms with E-state index in [0.29, 0.717) is 29.2 Å². The van der Waals surface area contributed by atoms with Crippen LogP contribution >= 0.6 is 0 Å². The number of anilines is 2. The summed E-state index contributed by atoms with van der Waals surface area (Å²) in [7, 11) is 1.24. The minimum absolute atomic E-state index is 0.0565. The summed E-state index contributed by atoms with van der Waals surface area (Å²) < 4.78 is 23.9. The first-order valence-electron chi connectivity index (χ1n) is 12.4. The molecule has 0 aliphatic carbocycles. The molecule has 2 aromatic heterocycles. The van der Waals surface area contributed by atoms with Crippen LogP contribution in [0, 0.1) is 17.7 Å². The lowest BCUT2D eigenvalue weighted by molar-refractivity contribution is 0.0595. The highest BCUT2D eigenvalue weighted by molar-refractivity contribution is 5.90. The lowest BCUT2D eigenvalue weighted by Crippen LogP contribution is -2.34. The topological polar surface area (TPSA) is 106 Å². The van der Waals surface area contributed by atoms with Gasteiger partial charge in [-0.05, 0) is 55.7 Å². The average molecular weight is 497 g/mol. The Morgan fingerprint density at radius 3 is 2.67 bits per heavy atom. The second-order valence-corrected chi connectivity index (χ2v) is 9.57. The summed E-state index contributed by atoms with van der Waals surface area (Å²) in [5, 5.41) is 7.28. The van der Waals surface area contributed by atoms with Gasteiger partial charge in [-0.2, -0.15) is 4.98 Å². The minimum Gasteiger partial charge on any atom is -0.465 e. The SMILES string of the molecule is COC(=O)c1ccc(NCCCC2CCN(c3ncc(-c4noc(CC(C)C)n4)cn3)CC2)cc1F. The summed E-state index contributed by atoms with van der Waals surface area (Å²) in [5.74, 6) is 1.71. The first kappa shape index (κ1) is 25.5. The molecule has 1 fully saturated rings. The zero-order chi connectivity index (χ0) is 25.5. The fraction of sp³-hybridized carbons (Fsp3) is 0.500. The summed E-state index contributed by atoms with van der Waals surface area (Å²) in [6, 6.07) is 4.47. The van der Waals surface area contributed by atoms with Gasteiger partial charge in [0.05, 0.1) is 18.2 Å². The number of hydrogen-bond donors (Lipinski definition) is 1. The van der Waals surface area contributed by atoms with Crippen molar-refractivity contribution in [1.29, 1.82) is 0 Å². The number of esters is 1. The molecular weight excluding hydrogens is 463 g/mol. The number of nitrogens with one attached hydrogen (secondary N) is 1. The molecule has 1 aromatic carbocycles. The van der Waals surface area contributed by atoms with Crippen molar-refractivity contribution in [3.8, 4) is 11.4 Å². The van der Waals surface area contributed by atoms with Crippen molar-refractivity contribution in [3.63, 3.8) is 0 Å². The van der Waals surface area contributed by atoms with Crippen LogP contribution in [-0.2, 0) is 11.2 Å². The van der Waals surface area contributed by atoms with Crippen molar-refractivity contribution in [2.75, 3.05) is 37.0 Å². The first-order chi connectivity index (χ1) is 17.4. The lowest BCUT2D eigenvalue weighted by atomic mass is 9.92. The maximum Gasteiger partial charge on any atom is 0.340 e. The Balaban J connectivity index is 1.19. The number of carbonyl (C=O) groups excluding carboxylic acids is 1. The van der Waals surface area contributed by atoms with Gasteiger partial charge in [-0.1, -0.05) is 19.0 Å². The van der Waals surface area contributed by atoms with Crippen LogP contribution in [0.4, 0.5) is 16.0 Å². The molecule has 1 saturated heterocycles. The van der Waals surface area contributed by atoms with Gasteiger partial charge in [-0.3, -0.25) is 0 Å². The Labute approximate surface area is 210 Å². The molecule has 9 nitrogen and oxygen atoms in total. The molecule has 1 aliphatic heterocycles. The molecule has 1 aliphatic rings. The maximum atomic E-state index is 14.0. The predicted molar refractivity (Wildman–Crippen MR) is 134 cm³/mol. The smallest absolute Gasteiger partial charge is 0.340 e. The fourth-order valence-corrected chi connectivity index (χ4v) is 4.35. The second-order valence-electron chi connectivity index (χ2n) is 9.57. The van der Waals surface area contributed by atoms with E-state index in [1.54, 1.807) is 18.5 Å². The van der Waals surface area contributed by atoms with E-state index in [9.17, 15) is 9.18 Å². The third-order valence-corrected chi connectivity index (χ3v) is 6.34. The third kappa shape index (κ3) is 6.56. The standard InChI is InChI=1S/C26H33FN6O3/c1-17(2)13-23-31-24(32-36-23)19-15-29-26(30-16-19)33-11-8-18(9-12-33)5-4-10-28-20-6-7-21(22(27)14-20)25(34)35-3/h6-7,14-18,28H,4-5,8-13H2,1-3H3. The number of nitrogens with zero attached hydrogens (tertiary/aromatic N) is 5. The van der Waals surface area contributed by atoms with Gasteiger partial charge in [0.1, 0.15) is 5.82 Å². The third-order valence-electron chi connectivity index (χ3n) is 6.34. The first-order valence-corrected chi connectivity index (χ1v) is 12.4. The summed E-state index contributed by atoms with van der Waals surface area (Å²) in [5.41, 5.74) is 1.35.